The number of nitrogens with one attached hydrogen (secondary N) is 1. The summed E-state index contributed by atoms with van der Waals surface area (Å²) >= 11 is 0. The molecular weight excluding hydrogens is 408 g/mol. The second kappa shape index (κ2) is 7.83. The van der Waals surface area contributed by atoms with Gasteiger partial charge in [-0.15, -0.1) is 0 Å². The Kier molecular flexibility index (Phi) is 5.13. The summed E-state index contributed by atoms with van der Waals surface area (Å²) in [5.41, 5.74) is -0.647. The molecular formula is C21H25F2N5O3. The molecule has 3 fully saturated rings. The fraction of sp³-hybridized carbons (Fsp3) is 0.571. The van der Waals surface area contributed by atoms with Crippen LogP contribution in [-0.4, -0.2) is 71.4 Å². The van der Waals surface area contributed by atoms with Crippen LogP contribution < -0.4 is 5.32 Å². The van der Waals surface area contributed by atoms with Gasteiger partial charge < -0.3 is 19.5 Å². The second-order valence-electron chi connectivity index (χ2n) is 8.71. The third-order valence-electron chi connectivity index (χ3n) is 6.75. The molecule has 4 heterocycles. The number of carbonyl (C=O) groups is 1. The van der Waals surface area contributed by atoms with Crippen molar-refractivity contribution >= 4 is 11.7 Å². The molecule has 0 spiro atoms. The van der Waals surface area contributed by atoms with Crippen LogP contribution in [0.5, 0.6) is 0 Å². The molecule has 1 N–H and O–H groups in total. The Bertz CT molecular complexity index is 980. The summed E-state index contributed by atoms with van der Waals surface area (Å²) in [5, 5.41) is 6.48. The molecule has 2 amide bonds. The Morgan fingerprint density at radius 1 is 1.23 bits per heavy atom. The monoisotopic (exact) mass is 433 g/mol. The van der Waals surface area contributed by atoms with Crippen LogP contribution >= 0.6 is 0 Å². The van der Waals surface area contributed by atoms with Gasteiger partial charge in [-0.05, 0) is 31.9 Å². The molecule has 0 unspecified atom stereocenters. The number of carbonyl (C=O) groups excluding carboxylic acids is 1. The van der Waals surface area contributed by atoms with Crippen molar-refractivity contribution in [2.45, 2.75) is 31.2 Å². The number of aromatic nitrogens is 2. The van der Waals surface area contributed by atoms with Gasteiger partial charge in [0.2, 0.25) is 5.89 Å². The highest BCUT2D eigenvalue weighted by atomic mass is 19.1. The SMILES string of the molecule is Cc1noc([C@]23CN(C(=O)Nc4cc(F)ccc4F)C[C@H]2CN(C2CCOCC2)C3)n1. The lowest BCUT2D eigenvalue weighted by molar-refractivity contribution is 0.0378. The molecule has 1 aromatic heterocycles. The minimum Gasteiger partial charge on any atom is -0.381 e. The van der Waals surface area contributed by atoms with Crippen LogP contribution in [0.25, 0.3) is 0 Å². The van der Waals surface area contributed by atoms with Gasteiger partial charge in [0.05, 0.1) is 11.1 Å². The van der Waals surface area contributed by atoms with E-state index in [2.05, 4.69) is 20.4 Å². The standard InChI is InChI=1S/C21H25F2N5O3/c1-13-24-19(31-26-13)21-11-27(16-4-6-30-7-5-16)9-14(21)10-28(12-21)20(29)25-18-8-15(22)2-3-17(18)23/h2-3,8,14,16H,4-7,9-12H2,1H3,(H,25,29)/t14-,21-/m1/s1. The number of amides is 2. The topological polar surface area (TPSA) is 83.7 Å². The van der Waals surface area contributed by atoms with E-state index in [0.29, 0.717) is 37.4 Å². The number of fused-ring (bicyclic) bond motifs is 1. The lowest BCUT2D eigenvalue weighted by Crippen LogP contribution is -2.44. The normalized spacial score (nSPS) is 26.9. The van der Waals surface area contributed by atoms with Crippen molar-refractivity contribution in [2.24, 2.45) is 5.92 Å². The van der Waals surface area contributed by atoms with Crippen LogP contribution in [0.4, 0.5) is 19.3 Å². The molecule has 166 valence electrons. The van der Waals surface area contributed by atoms with Gasteiger partial charge in [-0.1, -0.05) is 5.16 Å². The van der Waals surface area contributed by atoms with Crippen LogP contribution in [0.3, 0.4) is 0 Å². The zero-order chi connectivity index (χ0) is 21.6. The Hall–Kier alpha value is -2.59. The quantitative estimate of drug-likeness (QED) is 0.801. The highest BCUT2D eigenvalue weighted by Crippen LogP contribution is 2.45. The van der Waals surface area contributed by atoms with Gasteiger partial charge in [0.1, 0.15) is 11.6 Å². The molecule has 0 bridgehead atoms. The van der Waals surface area contributed by atoms with Crippen LogP contribution in [0.15, 0.2) is 22.7 Å². The summed E-state index contributed by atoms with van der Waals surface area (Å²) in [4.78, 5) is 21.5. The number of anilines is 1. The van der Waals surface area contributed by atoms with Crippen molar-refractivity contribution in [1.29, 1.82) is 0 Å². The van der Waals surface area contributed by atoms with E-state index in [1.807, 2.05) is 0 Å². The van der Waals surface area contributed by atoms with Gasteiger partial charge in [0.15, 0.2) is 5.82 Å². The first kappa shape index (κ1) is 20.3. The van der Waals surface area contributed by atoms with E-state index in [-0.39, 0.29) is 11.6 Å². The Morgan fingerprint density at radius 2 is 2.03 bits per heavy atom. The molecule has 2 aromatic rings. The molecule has 3 saturated heterocycles. The molecule has 0 saturated carbocycles. The van der Waals surface area contributed by atoms with Crippen molar-refractivity contribution in [1.82, 2.24) is 19.9 Å². The largest absolute Gasteiger partial charge is 0.381 e. The van der Waals surface area contributed by atoms with E-state index in [1.165, 1.54) is 0 Å². The lowest BCUT2D eigenvalue weighted by atomic mass is 9.81. The van der Waals surface area contributed by atoms with Crippen molar-refractivity contribution < 1.29 is 22.8 Å². The third kappa shape index (κ3) is 3.67. The van der Waals surface area contributed by atoms with Crippen LogP contribution in [0.2, 0.25) is 0 Å². The molecule has 2 atom stereocenters. The molecule has 3 aliphatic heterocycles. The first-order valence-corrected chi connectivity index (χ1v) is 10.6. The first-order valence-electron chi connectivity index (χ1n) is 10.6. The van der Waals surface area contributed by atoms with Crippen molar-refractivity contribution in [3.8, 4) is 0 Å². The van der Waals surface area contributed by atoms with Gasteiger partial charge in [0, 0.05) is 57.4 Å². The smallest absolute Gasteiger partial charge is 0.321 e. The number of ether oxygens (including phenoxy) is 1. The van der Waals surface area contributed by atoms with Gasteiger partial charge in [-0.25, -0.2) is 13.6 Å². The number of hydrogen-bond donors (Lipinski definition) is 1. The zero-order valence-corrected chi connectivity index (χ0v) is 17.3. The number of halogens is 2. The number of aryl methyl sites for hydroxylation is 1. The summed E-state index contributed by atoms with van der Waals surface area (Å²) in [6, 6.07) is 2.96. The van der Waals surface area contributed by atoms with E-state index in [0.717, 1.165) is 50.8 Å². The molecule has 3 aliphatic rings. The maximum absolute atomic E-state index is 14.0. The summed E-state index contributed by atoms with van der Waals surface area (Å²) in [6.45, 7) is 5.66. The number of benzene rings is 1. The zero-order valence-electron chi connectivity index (χ0n) is 17.3. The third-order valence-corrected chi connectivity index (χ3v) is 6.75. The maximum Gasteiger partial charge on any atom is 0.321 e. The van der Waals surface area contributed by atoms with Crippen molar-refractivity contribution in [3.05, 3.63) is 41.5 Å². The number of hydrogen-bond acceptors (Lipinski definition) is 6. The van der Waals surface area contributed by atoms with Crippen LogP contribution in [0.1, 0.15) is 24.6 Å². The number of rotatable bonds is 3. The van der Waals surface area contributed by atoms with E-state index in [1.54, 1.807) is 11.8 Å². The molecule has 8 nitrogen and oxygen atoms in total. The Labute approximate surface area is 178 Å². The summed E-state index contributed by atoms with van der Waals surface area (Å²) in [7, 11) is 0. The van der Waals surface area contributed by atoms with Crippen LogP contribution in [-0.2, 0) is 10.2 Å². The van der Waals surface area contributed by atoms with E-state index >= 15 is 0 Å². The predicted molar refractivity (Wildman–Crippen MR) is 107 cm³/mol. The molecule has 31 heavy (non-hydrogen) atoms. The minimum absolute atomic E-state index is 0.110. The molecule has 5 rings (SSSR count). The van der Waals surface area contributed by atoms with Crippen LogP contribution in [0, 0.1) is 24.5 Å². The minimum atomic E-state index is -0.679. The number of nitrogens with zero attached hydrogens (tertiary/aromatic N) is 4. The van der Waals surface area contributed by atoms with Gasteiger partial charge in [0.25, 0.3) is 0 Å². The maximum atomic E-state index is 14.0. The average molecular weight is 433 g/mol. The van der Waals surface area contributed by atoms with Gasteiger partial charge in [-0.2, -0.15) is 4.98 Å². The van der Waals surface area contributed by atoms with Crippen molar-refractivity contribution in [2.75, 3.05) is 44.7 Å². The molecule has 0 aliphatic carbocycles. The highest BCUT2D eigenvalue weighted by molar-refractivity contribution is 5.89. The van der Waals surface area contributed by atoms with Gasteiger partial charge in [-0.3, -0.25) is 4.90 Å². The lowest BCUT2D eigenvalue weighted by Gasteiger charge is -2.33. The fourth-order valence-corrected chi connectivity index (χ4v) is 5.18. The summed E-state index contributed by atoms with van der Waals surface area (Å²) in [6.07, 6.45) is 1.96. The van der Waals surface area contributed by atoms with E-state index < -0.39 is 23.1 Å². The first-order chi connectivity index (χ1) is 14.9. The summed E-state index contributed by atoms with van der Waals surface area (Å²) < 4.78 is 38.6. The number of likely N-dealkylation sites (tertiary alicyclic amines) is 2. The van der Waals surface area contributed by atoms with E-state index in [9.17, 15) is 13.6 Å². The van der Waals surface area contributed by atoms with Crippen molar-refractivity contribution in [3.63, 3.8) is 0 Å². The number of urea groups is 1. The molecule has 10 heteroatoms. The molecule has 1 aromatic carbocycles. The van der Waals surface area contributed by atoms with E-state index in [4.69, 9.17) is 9.26 Å². The van der Waals surface area contributed by atoms with Gasteiger partial charge >= 0.3 is 6.03 Å². The fourth-order valence-electron chi connectivity index (χ4n) is 5.18. The molecule has 0 radical (unpaired) electrons. The second-order valence-corrected chi connectivity index (χ2v) is 8.71. The highest BCUT2D eigenvalue weighted by Gasteiger charge is 2.58. The Balaban J connectivity index is 1.37. The summed E-state index contributed by atoms with van der Waals surface area (Å²) in [5.74, 6) is -0.0885. The predicted octanol–water partition coefficient (Wildman–Crippen LogP) is 2.55. The Morgan fingerprint density at radius 3 is 2.77 bits per heavy atom. The average Bonchev–Trinajstić information content (AvgIpc) is 3.44.